The third kappa shape index (κ3) is 84.1. The van der Waals surface area contributed by atoms with Crippen LogP contribution in [0.4, 0.5) is 0 Å². The molecule has 5 unspecified atom stereocenters. The van der Waals surface area contributed by atoms with Crippen molar-refractivity contribution in [1.82, 2.24) is 0 Å². The number of sulfone groups is 4. The first-order valence-electron chi connectivity index (χ1n) is 19.7. The van der Waals surface area contributed by atoms with Gasteiger partial charge in [-0.1, -0.05) is 0 Å². The van der Waals surface area contributed by atoms with Crippen LogP contribution in [-0.2, 0) is 153 Å². The van der Waals surface area contributed by atoms with Crippen LogP contribution in [0.25, 0.3) is 0 Å². The fourth-order valence-corrected chi connectivity index (χ4v) is 7.69. The molecule has 0 aromatic heterocycles. The van der Waals surface area contributed by atoms with Crippen molar-refractivity contribution in [2.45, 2.75) is 31.3 Å². The van der Waals surface area contributed by atoms with E-state index in [1.807, 2.05) is 0 Å². The Morgan fingerprint density at radius 3 is 0.773 bits per heavy atom. The Morgan fingerprint density at radius 1 is 0.413 bits per heavy atom. The molecule has 0 aromatic carbocycles. The Kier molecular flexibility index (Phi) is 48.5. The Hall–Kier alpha value is 1.11. The number of aliphatic hydroxyl groups excluding tert-OH is 1. The first-order chi connectivity index (χ1) is 33.1. The second-order valence-electron chi connectivity index (χ2n) is 14.7. The number of rotatable bonds is 40. The van der Waals surface area contributed by atoms with Gasteiger partial charge in [0.2, 0.25) is 17.7 Å². The van der Waals surface area contributed by atoms with Crippen molar-refractivity contribution in [1.29, 1.82) is 0 Å². The molecule has 0 bridgehead atoms. The standard InChI is InChI=1S/C14H30O15S4.C14H30O13S6.C2H6O.CH4O2S2.Na/c2*1-30(15,16)11-24-7-13(26-9-28-32(3,19)20)5-23-6-14(8-25-12-31(2,17)18)27-10-29-33(4,21)22;1-2-3;1-5(2,3)4;/h2*13-14H,5-12H2,1-4H3;3H,2H2,1H3;1H3,(H,2,3,4);/q;;;;+1/p-1. The molecule has 0 spiro atoms. The number of hydrogen-bond acceptors (Lipinski definition) is 34. The van der Waals surface area contributed by atoms with Crippen molar-refractivity contribution in [2.75, 3.05) is 165 Å². The molecule has 0 radical (unpaired) electrons. The summed E-state index contributed by atoms with van der Waals surface area (Å²) in [5.41, 5.74) is 0. The van der Waals surface area contributed by atoms with Gasteiger partial charge in [-0.2, -0.15) is 16.8 Å². The van der Waals surface area contributed by atoms with Crippen LogP contribution >= 0.6 is 21.6 Å². The van der Waals surface area contributed by atoms with E-state index in [1.165, 1.54) is 0 Å². The van der Waals surface area contributed by atoms with Gasteiger partial charge in [0.25, 0.3) is 20.2 Å². The van der Waals surface area contributed by atoms with E-state index in [1.54, 1.807) is 6.92 Å². The molecule has 0 saturated heterocycles. The fourth-order valence-electron chi connectivity index (χ4n) is 3.41. The average molecular weight is 1350 g/mol. The maximum Gasteiger partial charge on any atom is 1.00 e. The van der Waals surface area contributed by atoms with Gasteiger partial charge in [0.15, 0.2) is 52.9 Å². The van der Waals surface area contributed by atoms with Crippen molar-refractivity contribution in [3.8, 4) is 0 Å². The van der Waals surface area contributed by atoms with Crippen LogP contribution in [0.2, 0.25) is 0 Å². The van der Waals surface area contributed by atoms with Gasteiger partial charge in [-0.05, 0) is 48.5 Å². The minimum Gasteiger partial charge on any atom is -0.770 e. The maximum absolute atomic E-state index is 11.2. The second-order valence-corrected chi connectivity index (χ2v) is 38.3. The molecule has 75 heavy (non-hydrogen) atoms. The third-order valence-electron chi connectivity index (χ3n) is 5.88. The molecule has 0 rings (SSSR count). The third-order valence-corrected chi connectivity index (χ3v) is 13.8. The molecule has 0 aliphatic carbocycles. The summed E-state index contributed by atoms with van der Waals surface area (Å²) in [5, 5.41) is 7.57. The summed E-state index contributed by atoms with van der Waals surface area (Å²) in [6.07, 6.45) is 4.86. The number of aliphatic hydroxyl groups is 1. The van der Waals surface area contributed by atoms with Crippen LogP contribution < -0.4 is 29.6 Å². The van der Waals surface area contributed by atoms with Gasteiger partial charge in [-0.3, -0.25) is 4.21 Å². The van der Waals surface area contributed by atoms with Crippen LogP contribution in [0, 0.1) is 0 Å². The zero-order valence-electron chi connectivity index (χ0n) is 42.9. The molecule has 1 N–H and O–H groups in total. The quantitative estimate of drug-likeness (QED) is 0.0258. The predicted molar refractivity (Wildman–Crippen MR) is 275 cm³/mol. The SMILES string of the molecule is CCO.CS(=O)(=O)COCC(COCC(COCS(C)(=O)=O)OCOS(C)(=O)=O)OCOS(C)(=O)=O.CS(=O)(=O)COCC(COCC(COCS(C)(=O)=O)OCSS(C)(=O)=O)OCSS(C)(=O)=O.CS(=O)([O-])=S.[Na+]. The molecule has 0 saturated carbocycles. The Balaban J connectivity index is -0.000000375. The molecule has 0 heterocycles. The number of hydrogen-bond donors (Lipinski definition) is 1. The molecular formula is C31H69NaO31S12. The van der Waals surface area contributed by atoms with Gasteiger partial charge < -0.3 is 57.0 Å². The summed E-state index contributed by atoms with van der Waals surface area (Å²) in [6, 6.07) is 0. The van der Waals surface area contributed by atoms with Crippen molar-refractivity contribution in [3.63, 3.8) is 0 Å². The molecule has 0 aromatic rings. The first kappa shape index (κ1) is 84.9. The molecular weight excluding hydrogens is 1280 g/mol. The molecule has 452 valence electrons. The zero-order chi connectivity index (χ0) is 58.7. The Labute approximate surface area is 477 Å². The van der Waals surface area contributed by atoms with Gasteiger partial charge in [0.05, 0.1) is 65.4 Å². The summed E-state index contributed by atoms with van der Waals surface area (Å²) in [5.74, 6) is -2.88. The van der Waals surface area contributed by atoms with Gasteiger partial charge in [0, 0.05) is 50.4 Å². The summed E-state index contributed by atoms with van der Waals surface area (Å²) < 4.78 is 258. The normalized spacial score (nSPS) is 15.2. The second kappa shape index (κ2) is 42.9. The Bertz CT molecular complexity index is 2060. The molecule has 31 nitrogen and oxygen atoms in total. The molecule has 0 aliphatic rings. The van der Waals surface area contributed by atoms with Crippen LogP contribution in [0.15, 0.2) is 0 Å². The summed E-state index contributed by atoms with van der Waals surface area (Å²) in [7, 11) is -30.0. The smallest absolute Gasteiger partial charge is 0.770 e. The van der Waals surface area contributed by atoms with Crippen molar-refractivity contribution >= 4 is 119 Å². The maximum atomic E-state index is 11.2. The Morgan fingerprint density at radius 2 is 0.600 bits per heavy atom. The van der Waals surface area contributed by atoms with Crippen LogP contribution in [0.3, 0.4) is 0 Å². The van der Waals surface area contributed by atoms with E-state index in [4.69, 9.17) is 52.5 Å². The van der Waals surface area contributed by atoms with E-state index in [0.717, 1.165) is 56.3 Å². The molecule has 5 atom stereocenters. The fraction of sp³-hybridized carbons (Fsp3) is 1.00. The van der Waals surface area contributed by atoms with Crippen molar-refractivity contribution in [2.24, 2.45) is 0 Å². The molecule has 0 fully saturated rings. The van der Waals surface area contributed by atoms with E-state index in [2.05, 4.69) is 19.6 Å². The largest absolute Gasteiger partial charge is 1.00 e. The van der Waals surface area contributed by atoms with Crippen LogP contribution in [0.5, 0.6) is 0 Å². The van der Waals surface area contributed by atoms with Gasteiger partial charge in [0.1, 0.15) is 60.0 Å². The topological polar surface area (TPSA) is 444 Å². The van der Waals surface area contributed by atoms with Gasteiger partial charge >= 0.3 is 29.6 Å². The first-order valence-corrected chi connectivity index (χ1v) is 41.1. The van der Waals surface area contributed by atoms with E-state index >= 15 is 0 Å². The van der Waals surface area contributed by atoms with E-state index in [9.17, 15) is 76.1 Å². The molecule has 0 amide bonds. The monoisotopic (exact) mass is 1340 g/mol. The summed E-state index contributed by atoms with van der Waals surface area (Å²) >= 11 is 3.80. The van der Waals surface area contributed by atoms with Crippen molar-refractivity contribution in [3.05, 3.63) is 0 Å². The van der Waals surface area contributed by atoms with E-state index in [0.29, 0.717) is 21.6 Å². The zero-order valence-corrected chi connectivity index (χ0v) is 54.7. The minimum atomic E-state index is -3.79. The van der Waals surface area contributed by atoms with E-state index < -0.39 is 148 Å². The number of ether oxygens (including phenoxy) is 10. The van der Waals surface area contributed by atoms with Gasteiger partial charge in [-0.25, -0.2) is 58.9 Å². The van der Waals surface area contributed by atoms with E-state index in [-0.39, 0.29) is 101 Å². The molecule has 0 aliphatic heterocycles. The van der Waals surface area contributed by atoms with Gasteiger partial charge in [-0.15, -0.1) is 0 Å². The van der Waals surface area contributed by atoms with Crippen molar-refractivity contribution < 1.29 is 167 Å². The predicted octanol–water partition coefficient (Wildman–Crippen LogP) is -6.71. The van der Waals surface area contributed by atoms with Crippen LogP contribution in [0.1, 0.15) is 6.92 Å². The summed E-state index contributed by atoms with van der Waals surface area (Å²) in [6.45, 7) is -1.27. The average Bonchev–Trinajstić information content (AvgIpc) is 3.13. The summed E-state index contributed by atoms with van der Waals surface area (Å²) in [4.78, 5) is 0. The minimum absolute atomic E-state index is 0. The van der Waals surface area contributed by atoms with Crippen LogP contribution in [-0.4, -0.2) is 271 Å². The molecule has 44 heteroatoms.